The molecule has 3 aromatic rings. The van der Waals surface area contributed by atoms with Crippen LogP contribution in [-0.2, 0) is 6.42 Å². The predicted molar refractivity (Wildman–Crippen MR) is 134 cm³/mol. The van der Waals surface area contributed by atoms with E-state index in [9.17, 15) is 4.79 Å². The number of urea groups is 1. The van der Waals surface area contributed by atoms with Crippen molar-refractivity contribution >= 4 is 17.5 Å². The number of nitrogens with zero attached hydrogens (tertiary/aromatic N) is 4. The molecule has 1 saturated heterocycles. The number of carbonyl (C=O) groups excluding carboxylic acids is 1. The van der Waals surface area contributed by atoms with Crippen LogP contribution in [-0.4, -0.2) is 47.1 Å². The first-order chi connectivity index (χ1) is 15.8. The van der Waals surface area contributed by atoms with Crippen LogP contribution in [0.25, 0.3) is 0 Å². The van der Waals surface area contributed by atoms with Crippen molar-refractivity contribution in [1.29, 1.82) is 0 Å². The fraction of sp³-hybridized carbons (Fsp3) is 0.370. The van der Waals surface area contributed by atoms with Crippen LogP contribution < -0.4 is 10.2 Å². The Balaban J connectivity index is 1.48. The standard InChI is InChI=1S/C27H33N5O/c1-18-9-11-23(12-10-18)17-24-21(4)28-22(5)29-26(24)31-13-15-32(16-14-31)27(33)30-25-19(2)7-6-8-20(25)3/h6-12H,13-17H2,1-5H3,(H,30,33). The average Bonchev–Trinajstić information content (AvgIpc) is 2.79. The third-order valence-corrected chi connectivity index (χ3v) is 6.38. The molecule has 0 spiro atoms. The van der Waals surface area contributed by atoms with Crippen LogP contribution in [0.4, 0.5) is 16.3 Å². The maximum Gasteiger partial charge on any atom is 0.321 e. The van der Waals surface area contributed by atoms with Crippen molar-refractivity contribution in [3.8, 4) is 0 Å². The van der Waals surface area contributed by atoms with Crippen molar-refractivity contribution in [3.63, 3.8) is 0 Å². The summed E-state index contributed by atoms with van der Waals surface area (Å²) in [6.07, 6.45) is 0.801. The fourth-order valence-corrected chi connectivity index (χ4v) is 4.42. The summed E-state index contributed by atoms with van der Waals surface area (Å²) < 4.78 is 0. The van der Waals surface area contributed by atoms with Gasteiger partial charge in [-0.15, -0.1) is 0 Å². The van der Waals surface area contributed by atoms with Gasteiger partial charge < -0.3 is 15.1 Å². The Morgan fingerprint density at radius 2 is 1.52 bits per heavy atom. The van der Waals surface area contributed by atoms with Crippen LogP contribution in [0, 0.1) is 34.6 Å². The van der Waals surface area contributed by atoms with Crippen LogP contribution in [0.15, 0.2) is 42.5 Å². The van der Waals surface area contributed by atoms with E-state index in [2.05, 4.69) is 53.3 Å². The van der Waals surface area contributed by atoms with Crippen LogP contribution >= 0.6 is 0 Å². The molecule has 0 radical (unpaired) electrons. The molecule has 0 unspecified atom stereocenters. The van der Waals surface area contributed by atoms with Gasteiger partial charge in [-0.2, -0.15) is 0 Å². The number of aromatic nitrogens is 2. The number of hydrogen-bond acceptors (Lipinski definition) is 4. The molecule has 0 saturated carbocycles. The van der Waals surface area contributed by atoms with Gasteiger partial charge in [0.2, 0.25) is 0 Å². The number of rotatable bonds is 4. The highest BCUT2D eigenvalue weighted by molar-refractivity contribution is 5.91. The molecule has 6 heteroatoms. The van der Waals surface area contributed by atoms with Crippen molar-refractivity contribution < 1.29 is 4.79 Å². The molecule has 2 amide bonds. The summed E-state index contributed by atoms with van der Waals surface area (Å²) in [5.41, 5.74) is 7.76. The molecule has 1 aromatic heterocycles. The van der Waals surface area contributed by atoms with Gasteiger partial charge in [-0.25, -0.2) is 14.8 Å². The molecule has 1 N–H and O–H groups in total. The van der Waals surface area contributed by atoms with Gasteiger partial charge in [0.15, 0.2) is 0 Å². The maximum absolute atomic E-state index is 12.9. The molecule has 1 aliphatic rings. The number of aryl methyl sites for hydroxylation is 5. The summed E-state index contributed by atoms with van der Waals surface area (Å²) in [6, 6.07) is 14.7. The number of amides is 2. The predicted octanol–water partition coefficient (Wildman–Crippen LogP) is 4.96. The summed E-state index contributed by atoms with van der Waals surface area (Å²) in [7, 11) is 0. The first-order valence-electron chi connectivity index (χ1n) is 11.6. The quantitative estimate of drug-likeness (QED) is 0.619. The second-order valence-corrected chi connectivity index (χ2v) is 8.99. The zero-order valence-electron chi connectivity index (χ0n) is 20.3. The van der Waals surface area contributed by atoms with Gasteiger partial charge in [0.25, 0.3) is 0 Å². The fourth-order valence-electron chi connectivity index (χ4n) is 4.42. The summed E-state index contributed by atoms with van der Waals surface area (Å²) in [5, 5.41) is 3.11. The van der Waals surface area contributed by atoms with E-state index in [4.69, 9.17) is 4.98 Å². The van der Waals surface area contributed by atoms with E-state index in [1.165, 1.54) is 11.1 Å². The van der Waals surface area contributed by atoms with E-state index in [0.29, 0.717) is 13.1 Å². The lowest BCUT2D eigenvalue weighted by Crippen LogP contribution is -2.50. The molecule has 172 valence electrons. The Morgan fingerprint density at radius 1 is 0.879 bits per heavy atom. The SMILES string of the molecule is Cc1ccc(Cc2c(C)nc(C)nc2N2CCN(C(=O)Nc3c(C)cccc3C)CC2)cc1. The minimum Gasteiger partial charge on any atom is -0.353 e. The van der Waals surface area contributed by atoms with Crippen LogP contribution in [0.1, 0.15) is 39.3 Å². The summed E-state index contributed by atoms with van der Waals surface area (Å²) in [5.74, 6) is 1.78. The Labute approximate surface area is 196 Å². The minimum atomic E-state index is -0.0398. The monoisotopic (exact) mass is 443 g/mol. The second-order valence-electron chi connectivity index (χ2n) is 8.99. The van der Waals surface area contributed by atoms with E-state index in [1.54, 1.807) is 0 Å². The largest absolute Gasteiger partial charge is 0.353 e. The highest BCUT2D eigenvalue weighted by atomic mass is 16.2. The van der Waals surface area contributed by atoms with Crippen LogP contribution in [0.3, 0.4) is 0 Å². The van der Waals surface area contributed by atoms with Gasteiger partial charge in [0.1, 0.15) is 11.6 Å². The van der Waals surface area contributed by atoms with E-state index in [0.717, 1.165) is 59.2 Å². The number of anilines is 2. The normalized spacial score (nSPS) is 13.8. The lowest BCUT2D eigenvalue weighted by molar-refractivity contribution is 0.208. The Kier molecular flexibility index (Phi) is 6.63. The molecule has 33 heavy (non-hydrogen) atoms. The van der Waals surface area contributed by atoms with E-state index < -0.39 is 0 Å². The van der Waals surface area contributed by atoms with Crippen LogP contribution in [0.5, 0.6) is 0 Å². The number of nitrogens with one attached hydrogen (secondary N) is 1. The molecule has 0 bridgehead atoms. The second kappa shape index (κ2) is 9.61. The zero-order chi connectivity index (χ0) is 23.5. The molecule has 0 atom stereocenters. The number of carbonyl (C=O) groups is 1. The summed E-state index contributed by atoms with van der Waals surface area (Å²) in [4.78, 5) is 26.6. The molecule has 1 aliphatic heterocycles. The minimum absolute atomic E-state index is 0.0398. The average molecular weight is 444 g/mol. The Bertz CT molecular complexity index is 1130. The molecule has 0 aliphatic carbocycles. The first kappa shape index (κ1) is 22.8. The van der Waals surface area contributed by atoms with Crippen molar-refractivity contribution in [3.05, 3.63) is 81.8 Å². The molecule has 2 aromatic carbocycles. The van der Waals surface area contributed by atoms with Gasteiger partial charge in [-0.05, 0) is 51.3 Å². The highest BCUT2D eigenvalue weighted by Gasteiger charge is 2.25. The third kappa shape index (κ3) is 5.16. The Hall–Kier alpha value is -3.41. The lowest BCUT2D eigenvalue weighted by atomic mass is 10.0. The first-order valence-corrected chi connectivity index (χ1v) is 11.6. The smallest absolute Gasteiger partial charge is 0.321 e. The zero-order valence-corrected chi connectivity index (χ0v) is 20.3. The molecular weight excluding hydrogens is 410 g/mol. The van der Waals surface area contributed by atoms with Gasteiger partial charge in [0.05, 0.1) is 0 Å². The molecular formula is C27H33N5O. The maximum atomic E-state index is 12.9. The Morgan fingerprint density at radius 3 is 2.15 bits per heavy atom. The molecule has 4 rings (SSSR count). The van der Waals surface area contributed by atoms with Crippen molar-refractivity contribution in [1.82, 2.24) is 14.9 Å². The molecule has 2 heterocycles. The molecule has 6 nitrogen and oxygen atoms in total. The van der Waals surface area contributed by atoms with Gasteiger partial charge in [-0.1, -0.05) is 48.0 Å². The highest BCUT2D eigenvalue weighted by Crippen LogP contribution is 2.26. The van der Waals surface area contributed by atoms with Crippen molar-refractivity contribution in [2.75, 3.05) is 36.4 Å². The number of para-hydroxylation sites is 1. The van der Waals surface area contributed by atoms with Crippen molar-refractivity contribution in [2.24, 2.45) is 0 Å². The van der Waals surface area contributed by atoms with E-state index in [-0.39, 0.29) is 6.03 Å². The van der Waals surface area contributed by atoms with Crippen molar-refractivity contribution in [2.45, 2.75) is 41.0 Å². The van der Waals surface area contributed by atoms with Crippen LogP contribution in [0.2, 0.25) is 0 Å². The number of piperazine rings is 1. The summed E-state index contributed by atoms with van der Waals surface area (Å²) in [6.45, 7) is 13.0. The molecule has 1 fully saturated rings. The van der Waals surface area contributed by atoms with Gasteiger partial charge >= 0.3 is 6.03 Å². The number of benzene rings is 2. The summed E-state index contributed by atoms with van der Waals surface area (Å²) >= 11 is 0. The lowest BCUT2D eigenvalue weighted by Gasteiger charge is -2.36. The number of hydrogen-bond donors (Lipinski definition) is 1. The topological polar surface area (TPSA) is 61.4 Å². The van der Waals surface area contributed by atoms with E-state index >= 15 is 0 Å². The third-order valence-electron chi connectivity index (χ3n) is 6.38. The van der Waals surface area contributed by atoms with Gasteiger partial charge in [-0.3, -0.25) is 0 Å². The van der Waals surface area contributed by atoms with Gasteiger partial charge in [0, 0.05) is 49.5 Å². The van der Waals surface area contributed by atoms with E-state index in [1.807, 2.05) is 43.9 Å².